The molecule has 0 aromatic heterocycles. The molecule has 0 rings (SSSR count). The van der Waals surface area contributed by atoms with Gasteiger partial charge < -0.3 is 10.5 Å². The molecule has 0 fully saturated rings. The molecular formula is C9H17NO2. The topological polar surface area (TPSA) is 52.3 Å². The highest BCUT2D eigenvalue weighted by atomic mass is 16.6. The van der Waals surface area contributed by atoms with Crippen molar-refractivity contribution in [2.45, 2.75) is 40.2 Å². The highest BCUT2D eigenvalue weighted by molar-refractivity contribution is 5.88. The number of hydrogen-bond donors (Lipinski definition) is 1. The van der Waals surface area contributed by atoms with Gasteiger partial charge in [0.15, 0.2) is 0 Å². The molecule has 0 amide bonds. The second kappa shape index (κ2) is 3.61. The third-order valence-corrected chi connectivity index (χ3v) is 1.30. The van der Waals surface area contributed by atoms with E-state index in [1.807, 2.05) is 20.8 Å². The van der Waals surface area contributed by atoms with Gasteiger partial charge in [0, 0.05) is 5.70 Å². The highest BCUT2D eigenvalue weighted by Crippen LogP contribution is 2.11. The van der Waals surface area contributed by atoms with Crippen LogP contribution in [0, 0.1) is 0 Å². The predicted octanol–water partition coefficient (Wildman–Crippen LogP) is 1.58. The number of allylic oxidation sites excluding steroid dienone is 1. The summed E-state index contributed by atoms with van der Waals surface area (Å²) in [6.45, 7) is 8.81. The van der Waals surface area contributed by atoms with Gasteiger partial charge in [-0.1, -0.05) is 0 Å². The van der Waals surface area contributed by atoms with Gasteiger partial charge in [-0.05, 0) is 34.6 Å². The summed E-state index contributed by atoms with van der Waals surface area (Å²) in [6.07, 6.45) is 0. The summed E-state index contributed by atoms with van der Waals surface area (Å²) in [7, 11) is 0. The molecule has 70 valence electrons. The fraction of sp³-hybridized carbons (Fsp3) is 0.667. The lowest BCUT2D eigenvalue weighted by atomic mass is 10.2. The molecule has 0 aromatic carbocycles. The zero-order valence-electron chi connectivity index (χ0n) is 8.39. The maximum absolute atomic E-state index is 11.2. The van der Waals surface area contributed by atoms with E-state index in [4.69, 9.17) is 10.5 Å². The molecule has 0 unspecified atom stereocenters. The third-order valence-electron chi connectivity index (χ3n) is 1.30. The zero-order chi connectivity index (χ0) is 9.94. The minimum Gasteiger partial charge on any atom is -0.457 e. The van der Waals surface area contributed by atoms with E-state index >= 15 is 0 Å². The van der Waals surface area contributed by atoms with E-state index in [0.717, 1.165) is 0 Å². The lowest BCUT2D eigenvalue weighted by Gasteiger charge is -2.19. The van der Waals surface area contributed by atoms with Gasteiger partial charge in [0.1, 0.15) is 5.60 Å². The van der Waals surface area contributed by atoms with E-state index in [1.165, 1.54) is 0 Å². The minimum absolute atomic E-state index is 0.345. The Morgan fingerprint density at radius 2 is 1.67 bits per heavy atom. The lowest BCUT2D eigenvalue weighted by molar-refractivity contribution is -0.149. The summed E-state index contributed by atoms with van der Waals surface area (Å²) in [5.41, 5.74) is 5.96. The van der Waals surface area contributed by atoms with Crippen LogP contribution in [0.4, 0.5) is 0 Å². The van der Waals surface area contributed by atoms with E-state index in [-0.39, 0.29) is 5.97 Å². The Labute approximate surface area is 73.6 Å². The van der Waals surface area contributed by atoms with Crippen LogP contribution < -0.4 is 5.73 Å². The second-order valence-electron chi connectivity index (χ2n) is 3.81. The fourth-order valence-corrected chi connectivity index (χ4v) is 0.516. The average Bonchev–Trinajstić information content (AvgIpc) is 1.82. The minimum atomic E-state index is -0.451. The molecule has 0 saturated carbocycles. The summed E-state index contributed by atoms with van der Waals surface area (Å²) in [6, 6.07) is 0. The van der Waals surface area contributed by atoms with Crippen molar-refractivity contribution in [3.63, 3.8) is 0 Å². The highest BCUT2D eigenvalue weighted by Gasteiger charge is 2.17. The fourth-order valence-electron chi connectivity index (χ4n) is 0.516. The van der Waals surface area contributed by atoms with Crippen LogP contribution >= 0.6 is 0 Å². The Balaban J connectivity index is 4.36. The van der Waals surface area contributed by atoms with Crippen molar-refractivity contribution >= 4 is 5.97 Å². The van der Waals surface area contributed by atoms with Gasteiger partial charge >= 0.3 is 5.97 Å². The van der Waals surface area contributed by atoms with Crippen molar-refractivity contribution in [2.24, 2.45) is 5.73 Å². The molecule has 0 spiro atoms. The molecule has 3 nitrogen and oxygen atoms in total. The van der Waals surface area contributed by atoms with Crippen LogP contribution in [0.3, 0.4) is 0 Å². The van der Waals surface area contributed by atoms with Crippen LogP contribution in [-0.4, -0.2) is 11.6 Å². The number of esters is 1. The molecule has 0 radical (unpaired) electrons. The molecule has 0 saturated heterocycles. The quantitative estimate of drug-likeness (QED) is 0.481. The molecule has 0 aliphatic rings. The predicted molar refractivity (Wildman–Crippen MR) is 48.4 cm³/mol. The number of hydrogen-bond acceptors (Lipinski definition) is 3. The van der Waals surface area contributed by atoms with Gasteiger partial charge in [0.2, 0.25) is 0 Å². The standard InChI is InChI=1S/C9H17NO2/c1-6(7(2)10)8(11)12-9(3,4)5/h10H2,1-5H3. The van der Waals surface area contributed by atoms with E-state index in [0.29, 0.717) is 11.3 Å². The maximum atomic E-state index is 11.2. The van der Waals surface area contributed by atoms with Crippen molar-refractivity contribution in [2.75, 3.05) is 0 Å². The molecule has 3 heteroatoms. The van der Waals surface area contributed by atoms with Gasteiger partial charge in [0.05, 0.1) is 5.57 Å². The second-order valence-corrected chi connectivity index (χ2v) is 3.81. The molecule has 0 heterocycles. The van der Waals surface area contributed by atoms with Crippen molar-refractivity contribution in [3.05, 3.63) is 11.3 Å². The third kappa shape index (κ3) is 4.01. The summed E-state index contributed by atoms with van der Waals surface area (Å²) in [4.78, 5) is 11.2. The van der Waals surface area contributed by atoms with Crippen LogP contribution in [-0.2, 0) is 9.53 Å². The molecule has 0 aliphatic carbocycles. The van der Waals surface area contributed by atoms with E-state index < -0.39 is 5.60 Å². The number of carbonyl (C=O) groups excluding carboxylic acids is 1. The number of ether oxygens (including phenoxy) is 1. The summed E-state index contributed by atoms with van der Waals surface area (Å²) in [5.74, 6) is -0.345. The van der Waals surface area contributed by atoms with Crippen LogP contribution in [0.1, 0.15) is 34.6 Å². The Morgan fingerprint density at radius 1 is 1.25 bits per heavy atom. The van der Waals surface area contributed by atoms with E-state index in [9.17, 15) is 4.79 Å². The smallest absolute Gasteiger partial charge is 0.335 e. The molecule has 0 aliphatic heterocycles. The van der Waals surface area contributed by atoms with Crippen molar-refractivity contribution in [1.29, 1.82) is 0 Å². The lowest BCUT2D eigenvalue weighted by Crippen LogP contribution is -2.25. The summed E-state index contributed by atoms with van der Waals surface area (Å²) < 4.78 is 5.08. The van der Waals surface area contributed by atoms with Gasteiger partial charge in [-0.2, -0.15) is 0 Å². The van der Waals surface area contributed by atoms with Crippen LogP contribution in [0.2, 0.25) is 0 Å². The normalized spacial score (nSPS) is 13.8. The van der Waals surface area contributed by atoms with Crippen molar-refractivity contribution in [1.82, 2.24) is 0 Å². The molecule has 2 N–H and O–H groups in total. The van der Waals surface area contributed by atoms with Crippen molar-refractivity contribution in [3.8, 4) is 0 Å². The molecule has 0 aromatic rings. The van der Waals surface area contributed by atoms with Crippen LogP contribution in [0.25, 0.3) is 0 Å². The van der Waals surface area contributed by atoms with Gasteiger partial charge in [-0.15, -0.1) is 0 Å². The first kappa shape index (κ1) is 11.0. The monoisotopic (exact) mass is 171 g/mol. The average molecular weight is 171 g/mol. The molecule has 12 heavy (non-hydrogen) atoms. The van der Waals surface area contributed by atoms with Gasteiger partial charge in [-0.3, -0.25) is 0 Å². The number of carbonyl (C=O) groups is 1. The van der Waals surface area contributed by atoms with Gasteiger partial charge in [-0.25, -0.2) is 4.79 Å². The number of rotatable bonds is 1. The maximum Gasteiger partial charge on any atom is 0.335 e. The van der Waals surface area contributed by atoms with Crippen LogP contribution in [0.5, 0.6) is 0 Å². The molecule has 0 bridgehead atoms. The first-order valence-corrected chi connectivity index (χ1v) is 3.90. The van der Waals surface area contributed by atoms with Crippen LogP contribution in [0.15, 0.2) is 11.3 Å². The Hall–Kier alpha value is -0.990. The Morgan fingerprint density at radius 3 is 1.92 bits per heavy atom. The first-order valence-electron chi connectivity index (χ1n) is 3.90. The largest absolute Gasteiger partial charge is 0.457 e. The molecule has 0 atom stereocenters. The van der Waals surface area contributed by atoms with E-state index in [1.54, 1.807) is 13.8 Å². The zero-order valence-corrected chi connectivity index (χ0v) is 8.39. The summed E-state index contributed by atoms with van der Waals surface area (Å²) in [5, 5.41) is 0. The SMILES string of the molecule is CC(N)=C(C)C(=O)OC(C)(C)C. The van der Waals surface area contributed by atoms with Gasteiger partial charge in [0.25, 0.3) is 0 Å². The Kier molecular flexibility index (Phi) is 3.31. The Bertz CT molecular complexity index is 207. The van der Waals surface area contributed by atoms with Crippen molar-refractivity contribution < 1.29 is 9.53 Å². The summed E-state index contributed by atoms with van der Waals surface area (Å²) >= 11 is 0. The molecular weight excluding hydrogens is 154 g/mol. The number of nitrogens with two attached hydrogens (primary N) is 1. The van der Waals surface area contributed by atoms with E-state index in [2.05, 4.69) is 0 Å². The first-order chi connectivity index (χ1) is 5.24.